The zero-order valence-electron chi connectivity index (χ0n) is 19.6. The molecule has 0 aliphatic heterocycles. The molecule has 0 bridgehead atoms. The van der Waals surface area contributed by atoms with Crippen LogP contribution < -0.4 is 5.32 Å². The smallest absolute Gasteiger partial charge is 0.256 e. The normalized spacial score (nSPS) is 11.4. The number of hydrogen-bond acceptors (Lipinski definition) is 5. The van der Waals surface area contributed by atoms with E-state index in [4.69, 9.17) is 0 Å². The van der Waals surface area contributed by atoms with Crippen LogP contribution in [0.25, 0.3) is 34.0 Å². The lowest BCUT2D eigenvalue weighted by molar-refractivity contribution is 0.102. The Bertz CT molecular complexity index is 1760. The lowest BCUT2D eigenvalue weighted by Gasteiger charge is -2.10. The summed E-state index contributed by atoms with van der Waals surface area (Å²) in [6.07, 6.45) is 7.35. The molecule has 2 N–H and O–H groups in total. The number of carbonyl (C=O) groups is 1. The molecule has 178 valence electrons. The van der Waals surface area contributed by atoms with E-state index < -0.39 is 0 Å². The Morgan fingerprint density at radius 2 is 1.73 bits per heavy atom. The first-order valence-electron chi connectivity index (χ1n) is 11.7. The molecule has 0 fully saturated rings. The van der Waals surface area contributed by atoms with Gasteiger partial charge in [-0.25, -0.2) is 0 Å². The van der Waals surface area contributed by atoms with Crippen molar-refractivity contribution < 1.29 is 4.79 Å². The van der Waals surface area contributed by atoms with Crippen molar-refractivity contribution in [2.24, 2.45) is 0 Å². The van der Waals surface area contributed by atoms with Crippen molar-refractivity contribution in [1.82, 2.24) is 20.2 Å². The minimum Gasteiger partial charge on any atom is -0.321 e. The molecule has 6 aromatic rings. The Labute approximate surface area is 217 Å². The number of pyridine rings is 2. The Morgan fingerprint density at radius 1 is 0.865 bits per heavy atom. The largest absolute Gasteiger partial charge is 0.321 e. The molecule has 0 aliphatic carbocycles. The highest BCUT2D eigenvalue weighted by atomic mass is 32.2. The quantitative estimate of drug-likeness (QED) is 0.256. The number of H-pyrrole nitrogens is 1. The maximum Gasteiger partial charge on any atom is 0.256 e. The van der Waals surface area contributed by atoms with E-state index in [1.54, 1.807) is 12.4 Å². The highest BCUT2D eigenvalue weighted by molar-refractivity contribution is 7.99. The maximum atomic E-state index is 13.2. The van der Waals surface area contributed by atoms with Crippen LogP contribution in [0.3, 0.4) is 0 Å². The molecule has 7 heteroatoms. The molecule has 0 saturated carbocycles. The summed E-state index contributed by atoms with van der Waals surface area (Å²) in [5.74, 6) is -0.176. The van der Waals surface area contributed by atoms with Crippen LogP contribution in [-0.2, 0) is 0 Å². The van der Waals surface area contributed by atoms with Crippen molar-refractivity contribution in [1.29, 1.82) is 0 Å². The first kappa shape index (κ1) is 22.7. The Kier molecular flexibility index (Phi) is 6.19. The number of carbonyl (C=O) groups excluding carboxylic acids is 1. The number of aromatic nitrogens is 4. The number of benzene rings is 3. The SMILES string of the molecule is O=C(Nc1cnc2ccccc2c1)c1ccccc1Sc1ccc2c(/C=C/c3ccccn3)n[nH]c2c1. The molecule has 3 heterocycles. The van der Waals surface area contributed by atoms with Crippen LogP contribution in [0, 0.1) is 0 Å². The summed E-state index contributed by atoms with van der Waals surface area (Å²) in [6.45, 7) is 0. The number of anilines is 1. The maximum absolute atomic E-state index is 13.2. The van der Waals surface area contributed by atoms with Crippen LogP contribution in [0.2, 0.25) is 0 Å². The molecule has 0 aliphatic rings. The third-order valence-electron chi connectivity index (χ3n) is 5.87. The summed E-state index contributed by atoms with van der Waals surface area (Å²) in [7, 11) is 0. The molecule has 6 rings (SSSR count). The lowest BCUT2D eigenvalue weighted by atomic mass is 10.2. The Balaban J connectivity index is 1.22. The molecular formula is C30H21N5OS. The van der Waals surface area contributed by atoms with E-state index in [1.165, 1.54) is 11.8 Å². The van der Waals surface area contributed by atoms with E-state index in [1.807, 2.05) is 103 Å². The highest BCUT2D eigenvalue weighted by Crippen LogP contribution is 2.33. The number of amides is 1. The van der Waals surface area contributed by atoms with Gasteiger partial charge in [-0.15, -0.1) is 0 Å². The van der Waals surface area contributed by atoms with Gasteiger partial charge in [0.2, 0.25) is 0 Å². The molecule has 0 atom stereocenters. The van der Waals surface area contributed by atoms with Crippen LogP contribution in [0.4, 0.5) is 5.69 Å². The van der Waals surface area contributed by atoms with Crippen LogP contribution in [0.5, 0.6) is 0 Å². The predicted molar refractivity (Wildman–Crippen MR) is 150 cm³/mol. The van der Waals surface area contributed by atoms with Gasteiger partial charge in [-0.05, 0) is 66.7 Å². The second-order valence-electron chi connectivity index (χ2n) is 8.37. The van der Waals surface area contributed by atoms with E-state index in [2.05, 4.69) is 25.5 Å². The van der Waals surface area contributed by atoms with Crippen molar-refractivity contribution >= 4 is 57.3 Å². The number of aromatic amines is 1. The number of rotatable bonds is 6. The van der Waals surface area contributed by atoms with Gasteiger partial charge in [0.25, 0.3) is 5.91 Å². The summed E-state index contributed by atoms with van der Waals surface area (Å²) in [6, 6.07) is 29.3. The van der Waals surface area contributed by atoms with Gasteiger partial charge in [-0.1, -0.05) is 48.2 Å². The number of fused-ring (bicyclic) bond motifs is 2. The van der Waals surface area contributed by atoms with E-state index in [-0.39, 0.29) is 5.91 Å². The van der Waals surface area contributed by atoms with Crippen LogP contribution in [0.1, 0.15) is 21.7 Å². The molecule has 0 radical (unpaired) electrons. The van der Waals surface area contributed by atoms with Gasteiger partial charge in [-0.2, -0.15) is 5.10 Å². The standard InChI is InChI=1S/C30H21N5OS/c36-30(33-22-17-20-7-1-3-10-26(20)32-19-22)25-9-2-4-11-29(25)37-23-13-14-24-27(34-35-28(24)18-23)15-12-21-8-5-6-16-31-21/h1-19H,(H,33,36)(H,34,35)/b15-12+. The third kappa shape index (κ3) is 4.98. The van der Waals surface area contributed by atoms with Gasteiger partial charge in [0.1, 0.15) is 0 Å². The Hall–Kier alpha value is -4.75. The van der Waals surface area contributed by atoms with Crippen molar-refractivity contribution in [3.05, 3.63) is 120 Å². The molecule has 0 saturated heterocycles. The molecule has 1 amide bonds. The minimum absolute atomic E-state index is 0.176. The van der Waals surface area contributed by atoms with Gasteiger partial charge in [0, 0.05) is 26.8 Å². The predicted octanol–water partition coefficient (Wildman–Crippen LogP) is 7.08. The topological polar surface area (TPSA) is 83.6 Å². The summed E-state index contributed by atoms with van der Waals surface area (Å²) >= 11 is 1.54. The zero-order chi connectivity index (χ0) is 25.0. The summed E-state index contributed by atoms with van der Waals surface area (Å²) in [5.41, 5.74) is 4.80. The first-order chi connectivity index (χ1) is 18.2. The average Bonchev–Trinajstić information content (AvgIpc) is 3.35. The fourth-order valence-corrected chi connectivity index (χ4v) is 5.04. The molecule has 37 heavy (non-hydrogen) atoms. The fraction of sp³-hybridized carbons (Fsp3) is 0. The third-order valence-corrected chi connectivity index (χ3v) is 6.94. The number of nitrogens with one attached hydrogen (secondary N) is 2. The van der Waals surface area contributed by atoms with Gasteiger partial charge >= 0.3 is 0 Å². The molecule has 0 unspecified atom stereocenters. The van der Waals surface area contributed by atoms with Crippen LogP contribution >= 0.6 is 11.8 Å². The van der Waals surface area contributed by atoms with E-state index in [9.17, 15) is 4.79 Å². The van der Waals surface area contributed by atoms with Gasteiger partial charge < -0.3 is 5.32 Å². The fourth-order valence-electron chi connectivity index (χ4n) is 4.06. The molecule has 0 spiro atoms. The zero-order valence-corrected chi connectivity index (χ0v) is 20.4. The number of hydrogen-bond donors (Lipinski definition) is 2. The molecular weight excluding hydrogens is 478 g/mol. The van der Waals surface area contributed by atoms with Gasteiger partial charge in [0.05, 0.1) is 39.9 Å². The summed E-state index contributed by atoms with van der Waals surface area (Å²) < 4.78 is 0. The summed E-state index contributed by atoms with van der Waals surface area (Å²) in [4.78, 5) is 23.8. The van der Waals surface area contributed by atoms with Crippen molar-refractivity contribution in [3.8, 4) is 0 Å². The lowest BCUT2D eigenvalue weighted by Crippen LogP contribution is -2.13. The number of nitrogens with zero attached hydrogens (tertiary/aromatic N) is 3. The van der Waals surface area contributed by atoms with Crippen LogP contribution in [0.15, 0.2) is 113 Å². The van der Waals surface area contributed by atoms with Gasteiger partial charge in [-0.3, -0.25) is 19.9 Å². The first-order valence-corrected chi connectivity index (χ1v) is 12.5. The van der Waals surface area contributed by atoms with Crippen LogP contribution in [-0.4, -0.2) is 26.1 Å². The molecule has 3 aromatic heterocycles. The summed E-state index contributed by atoms with van der Waals surface area (Å²) in [5, 5.41) is 12.6. The van der Waals surface area contributed by atoms with Crippen molar-refractivity contribution in [2.45, 2.75) is 9.79 Å². The van der Waals surface area contributed by atoms with E-state index in [0.29, 0.717) is 11.3 Å². The van der Waals surface area contributed by atoms with Crippen molar-refractivity contribution in [2.75, 3.05) is 5.32 Å². The van der Waals surface area contributed by atoms with Crippen molar-refractivity contribution in [3.63, 3.8) is 0 Å². The highest BCUT2D eigenvalue weighted by Gasteiger charge is 2.14. The second-order valence-corrected chi connectivity index (χ2v) is 9.49. The number of para-hydroxylation sites is 1. The molecule has 6 nitrogen and oxygen atoms in total. The second kappa shape index (κ2) is 10.1. The van der Waals surface area contributed by atoms with Gasteiger partial charge in [0.15, 0.2) is 0 Å². The average molecular weight is 500 g/mol. The monoisotopic (exact) mass is 499 g/mol. The Morgan fingerprint density at radius 3 is 2.65 bits per heavy atom. The minimum atomic E-state index is -0.176. The van der Waals surface area contributed by atoms with E-state index >= 15 is 0 Å². The van der Waals surface area contributed by atoms with E-state index in [0.717, 1.165) is 43.0 Å². The molecule has 3 aromatic carbocycles.